The van der Waals surface area contributed by atoms with Crippen LogP contribution in [0.4, 0.5) is 5.69 Å². The quantitative estimate of drug-likeness (QED) is 0.843. The van der Waals surface area contributed by atoms with Gasteiger partial charge in [0, 0.05) is 17.5 Å². The molecule has 1 atom stereocenters. The first-order valence-electron chi connectivity index (χ1n) is 6.18. The molecule has 0 saturated heterocycles. The zero-order chi connectivity index (χ0) is 14.0. The van der Waals surface area contributed by atoms with E-state index in [1.165, 1.54) is 4.88 Å². The summed E-state index contributed by atoms with van der Waals surface area (Å²) in [6.45, 7) is 7.00. The number of nitrogens with one attached hydrogen (secondary N) is 1. The van der Waals surface area contributed by atoms with Crippen LogP contribution in [-0.2, 0) is 6.54 Å². The molecule has 0 aliphatic carbocycles. The van der Waals surface area contributed by atoms with E-state index in [1.807, 2.05) is 25.1 Å². The van der Waals surface area contributed by atoms with Crippen molar-refractivity contribution in [3.05, 3.63) is 44.4 Å². The van der Waals surface area contributed by atoms with E-state index in [2.05, 4.69) is 24.1 Å². The number of aromatic nitrogens is 1. The third-order valence-electron chi connectivity index (χ3n) is 3.01. The van der Waals surface area contributed by atoms with Crippen LogP contribution in [0.15, 0.2) is 18.2 Å². The highest BCUT2D eigenvalue weighted by atomic mass is 35.5. The van der Waals surface area contributed by atoms with Gasteiger partial charge in [-0.15, -0.1) is 11.3 Å². The van der Waals surface area contributed by atoms with Gasteiger partial charge in [0.25, 0.3) is 0 Å². The van der Waals surface area contributed by atoms with Gasteiger partial charge in [0.2, 0.25) is 0 Å². The number of benzene rings is 1. The normalized spacial score (nSPS) is 12.6. The van der Waals surface area contributed by atoms with E-state index in [-0.39, 0.29) is 6.04 Å². The second-order valence-corrected chi connectivity index (χ2v) is 6.28. The van der Waals surface area contributed by atoms with E-state index in [0.717, 1.165) is 22.8 Å². The van der Waals surface area contributed by atoms with Crippen molar-refractivity contribution in [3.8, 4) is 0 Å². The van der Waals surface area contributed by atoms with E-state index >= 15 is 0 Å². The van der Waals surface area contributed by atoms with Gasteiger partial charge in [0.1, 0.15) is 0 Å². The number of aryl methyl sites for hydroxylation is 2. The molecule has 102 valence electrons. The molecule has 2 rings (SSSR count). The van der Waals surface area contributed by atoms with Crippen LogP contribution in [-0.4, -0.2) is 4.98 Å². The van der Waals surface area contributed by atoms with Crippen LogP contribution in [0.2, 0.25) is 5.02 Å². The second kappa shape index (κ2) is 5.90. The van der Waals surface area contributed by atoms with E-state index in [0.29, 0.717) is 10.7 Å². The maximum absolute atomic E-state index is 6.01. The van der Waals surface area contributed by atoms with Crippen molar-refractivity contribution in [2.45, 2.75) is 33.4 Å². The molecular weight excluding hydrogens is 278 g/mol. The average molecular weight is 296 g/mol. The molecule has 1 aromatic heterocycles. The van der Waals surface area contributed by atoms with Gasteiger partial charge < -0.3 is 11.1 Å². The molecule has 0 spiro atoms. The van der Waals surface area contributed by atoms with Crippen molar-refractivity contribution >= 4 is 28.6 Å². The molecule has 1 unspecified atom stereocenters. The fourth-order valence-electron chi connectivity index (χ4n) is 1.99. The lowest BCUT2D eigenvalue weighted by Gasteiger charge is -2.13. The zero-order valence-corrected chi connectivity index (χ0v) is 12.9. The van der Waals surface area contributed by atoms with Crippen LogP contribution < -0.4 is 11.1 Å². The first-order chi connectivity index (χ1) is 8.97. The molecule has 0 saturated carbocycles. The van der Waals surface area contributed by atoms with E-state index in [1.54, 1.807) is 11.3 Å². The number of nitrogens with zero attached hydrogens (tertiary/aromatic N) is 1. The largest absolute Gasteiger partial charge is 0.398 e. The third kappa shape index (κ3) is 3.47. The van der Waals surface area contributed by atoms with E-state index < -0.39 is 0 Å². The fourth-order valence-corrected chi connectivity index (χ4v) is 3.15. The van der Waals surface area contributed by atoms with Gasteiger partial charge in [-0.25, -0.2) is 4.98 Å². The minimum Gasteiger partial charge on any atom is -0.398 e. The predicted octanol–water partition coefficient (Wildman–Crippen LogP) is 3.85. The molecule has 1 aromatic carbocycles. The summed E-state index contributed by atoms with van der Waals surface area (Å²) in [7, 11) is 0. The fraction of sp³-hybridized carbons (Fsp3) is 0.357. The van der Waals surface area contributed by atoms with Crippen LogP contribution in [0.3, 0.4) is 0 Å². The maximum Gasteiger partial charge on any atom is 0.0900 e. The molecule has 2 aromatic rings. The molecule has 0 radical (unpaired) electrons. The third-order valence-corrected chi connectivity index (χ3v) is 4.59. The number of nitrogens with two attached hydrogens (primary N) is 1. The van der Waals surface area contributed by atoms with Gasteiger partial charge in [-0.1, -0.05) is 17.7 Å². The second-order valence-electron chi connectivity index (χ2n) is 4.64. The lowest BCUT2D eigenvalue weighted by atomic mass is 10.2. The maximum atomic E-state index is 6.01. The number of hydrogen-bond acceptors (Lipinski definition) is 4. The molecule has 19 heavy (non-hydrogen) atoms. The first kappa shape index (κ1) is 14.3. The average Bonchev–Trinajstić information content (AvgIpc) is 2.70. The van der Waals surface area contributed by atoms with Crippen molar-refractivity contribution in [2.75, 3.05) is 5.73 Å². The highest BCUT2D eigenvalue weighted by molar-refractivity contribution is 7.11. The Kier molecular flexibility index (Phi) is 4.45. The van der Waals surface area contributed by atoms with E-state index in [9.17, 15) is 0 Å². The summed E-state index contributed by atoms with van der Waals surface area (Å²) in [5.41, 5.74) is 8.56. The first-order valence-corrected chi connectivity index (χ1v) is 7.38. The van der Waals surface area contributed by atoms with Gasteiger partial charge >= 0.3 is 0 Å². The van der Waals surface area contributed by atoms with Crippen LogP contribution in [0.5, 0.6) is 0 Å². The standard InChI is InChI=1S/C14H18ClN3S/c1-8(14-9(2)18-10(3)19-14)17-7-11-4-5-13(16)12(15)6-11/h4-6,8,17H,7,16H2,1-3H3. The van der Waals surface area contributed by atoms with Crippen LogP contribution in [0.25, 0.3) is 0 Å². The summed E-state index contributed by atoms with van der Waals surface area (Å²) < 4.78 is 0. The summed E-state index contributed by atoms with van der Waals surface area (Å²) in [5, 5.41) is 5.20. The number of anilines is 1. The van der Waals surface area contributed by atoms with Crippen LogP contribution in [0, 0.1) is 13.8 Å². The number of halogens is 1. The van der Waals surface area contributed by atoms with Gasteiger partial charge in [-0.2, -0.15) is 0 Å². The Bertz CT molecular complexity index is 580. The van der Waals surface area contributed by atoms with Crippen molar-refractivity contribution in [3.63, 3.8) is 0 Å². The molecule has 0 aliphatic rings. The van der Waals surface area contributed by atoms with Crippen LogP contribution in [0.1, 0.15) is 34.1 Å². The molecular formula is C14H18ClN3S. The SMILES string of the molecule is Cc1nc(C)c(C(C)NCc2ccc(N)c(Cl)c2)s1. The lowest BCUT2D eigenvalue weighted by molar-refractivity contribution is 0.579. The Hall–Kier alpha value is -1.10. The Morgan fingerprint density at radius 1 is 1.42 bits per heavy atom. The van der Waals surface area contributed by atoms with Crippen molar-refractivity contribution in [2.24, 2.45) is 0 Å². The topological polar surface area (TPSA) is 50.9 Å². The molecule has 1 heterocycles. The number of nitrogen functional groups attached to an aromatic ring is 1. The molecule has 3 nitrogen and oxygen atoms in total. The van der Waals surface area contributed by atoms with Crippen molar-refractivity contribution < 1.29 is 0 Å². The Morgan fingerprint density at radius 3 is 2.74 bits per heavy atom. The van der Waals surface area contributed by atoms with Crippen LogP contribution >= 0.6 is 22.9 Å². The molecule has 0 aliphatic heterocycles. The minimum absolute atomic E-state index is 0.280. The van der Waals surface area contributed by atoms with Crippen molar-refractivity contribution in [1.82, 2.24) is 10.3 Å². The number of thiazole rings is 1. The molecule has 5 heteroatoms. The molecule has 0 amide bonds. The number of hydrogen-bond donors (Lipinski definition) is 2. The summed E-state index contributed by atoms with van der Waals surface area (Å²) in [4.78, 5) is 5.74. The minimum atomic E-state index is 0.280. The predicted molar refractivity (Wildman–Crippen MR) is 82.7 cm³/mol. The monoisotopic (exact) mass is 295 g/mol. The zero-order valence-electron chi connectivity index (χ0n) is 11.3. The molecule has 0 bridgehead atoms. The van der Waals surface area contributed by atoms with Gasteiger partial charge in [-0.05, 0) is 38.5 Å². The Balaban J connectivity index is 2.02. The smallest absolute Gasteiger partial charge is 0.0900 e. The lowest BCUT2D eigenvalue weighted by Crippen LogP contribution is -2.17. The Labute approximate surface area is 122 Å². The molecule has 0 fully saturated rings. The molecule has 3 N–H and O–H groups in total. The van der Waals surface area contributed by atoms with Gasteiger partial charge in [0.05, 0.1) is 21.4 Å². The summed E-state index contributed by atoms with van der Waals surface area (Å²) in [6.07, 6.45) is 0. The summed E-state index contributed by atoms with van der Waals surface area (Å²) >= 11 is 7.76. The highest BCUT2D eigenvalue weighted by Gasteiger charge is 2.12. The van der Waals surface area contributed by atoms with Crippen molar-refractivity contribution in [1.29, 1.82) is 0 Å². The number of rotatable bonds is 4. The van der Waals surface area contributed by atoms with E-state index in [4.69, 9.17) is 17.3 Å². The van der Waals surface area contributed by atoms with Gasteiger partial charge in [-0.3, -0.25) is 0 Å². The summed E-state index contributed by atoms with van der Waals surface area (Å²) in [5.74, 6) is 0. The van der Waals surface area contributed by atoms with Gasteiger partial charge in [0.15, 0.2) is 0 Å². The highest BCUT2D eigenvalue weighted by Crippen LogP contribution is 2.25. The summed E-state index contributed by atoms with van der Waals surface area (Å²) in [6, 6.07) is 6.02. The Morgan fingerprint density at radius 2 is 2.16 bits per heavy atom.